The van der Waals surface area contributed by atoms with Crippen molar-refractivity contribution in [3.8, 4) is 6.19 Å². The number of halogens is 1. The highest BCUT2D eigenvalue weighted by molar-refractivity contribution is 5.94. The van der Waals surface area contributed by atoms with Crippen LogP contribution >= 0.6 is 0 Å². The van der Waals surface area contributed by atoms with Crippen LogP contribution in [0.4, 0.5) is 10.1 Å². The summed E-state index contributed by atoms with van der Waals surface area (Å²) in [6, 6.07) is 10.9. The molecule has 1 aliphatic heterocycles. The molecule has 0 spiro atoms. The molecule has 1 aliphatic rings. The zero-order chi connectivity index (χ0) is 21.9. The highest BCUT2D eigenvalue weighted by atomic mass is 19.1. The fraction of sp³-hybridized carbons (Fsp3) is 0.391. The molecule has 1 fully saturated rings. The Morgan fingerprint density at radius 3 is 2.87 bits per heavy atom. The minimum atomic E-state index is -0.508. The maximum atomic E-state index is 13.7. The largest absolute Gasteiger partial charge is 0.355 e. The molecule has 1 amide bonds. The quantitative estimate of drug-likeness (QED) is 0.292. The number of rotatable bonds is 8. The van der Waals surface area contributed by atoms with Crippen LogP contribution in [-0.2, 0) is 0 Å². The second kappa shape index (κ2) is 11.6. The third-order valence-electron chi connectivity index (χ3n) is 5.36. The van der Waals surface area contributed by atoms with Crippen molar-refractivity contribution in [1.82, 2.24) is 15.2 Å². The van der Waals surface area contributed by atoms with Crippen molar-refractivity contribution in [3.63, 3.8) is 0 Å². The average Bonchev–Trinajstić information content (AvgIpc) is 3.26. The van der Waals surface area contributed by atoms with E-state index in [1.54, 1.807) is 6.19 Å². The SMILES string of the molecule is N#CN=C(NCCCCCC1CCN(C(=O)c2ccccc2)C1)Nc1ccncc1F. The number of benzene rings is 1. The zero-order valence-corrected chi connectivity index (χ0v) is 17.4. The summed E-state index contributed by atoms with van der Waals surface area (Å²) in [4.78, 5) is 21.8. The number of hydrogen-bond donors (Lipinski definition) is 2. The molecule has 0 saturated carbocycles. The van der Waals surface area contributed by atoms with E-state index in [1.807, 2.05) is 35.2 Å². The zero-order valence-electron chi connectivity index (χ0n) is 17.4. The van der Waals surface area contributed by atoms with E-state index in [9.17, 15) is 9.18 Å². The molecule has 0 bridgehead atoms. The lowest BCUT2D eigenvalue weighted by Gasteiger charge is -2.16. The third kappa shape index (κ3) is 6.78. The number of carbonyl (C=O) groups is 1. The van der Waals surface area contributed by atoms with E-state index in [1.165, 1.54) is 12.3 Å². The van der Waals surface area contributed by atoms with Gasteiger partial charge in [-0.1, -0.05) is 31.0 Å². The molecule has 1 saturated heterocycles. The van der Waals surface area contributed by atoms with Crippen LogP contribution in [0.1, 0.15) is 42.5 Å². The van der Waals surface area contributed by atoms with Crippen molar-refractivity contribution < 1.29 is 9.18 Å². The van der Waals surface area contributed by atoms with Crippen LogP contribution in [0.5, 0.6) is 0 Å². The Morgan fingerprint density at radius 2 is 2.10 bits per heavy atom. The van der Waals surface area contributed by atoms with Crippen LogP contribution in [-0.4, -0.2) is 41.4 Å². The van der Waals surface area contributed by atoms with E-state index in [2.05, 4.69) is 20.6 Å². The molecule has 1 unspecified atom stereocenters. The van der Waals surface area contributed by atoms with Gasteiger partial charge in [0, 0.05) is 31.4 Å². The van der Waals surface area contributed by atoms with Gasteiger partial charge in [0.15, 0.2) is 5.82 Å². The monoisotopic (exact) mass is 422 g/mol. The summed E-state index contributed by atoms with van der Waals surface area (Å²) in [6.45, 7) is 2.28. The normalized spacial score (nSPS) is 16.1. The van der Waals surface area contributed by atoms with Crippen molar-refractivity contribution in [3.05, 3.63) is 60.2 Å². The molecule has 162 valence electrons. The second-order valence-corrected chi connectivity index (χ2v) is 7.59. The number of hydrogen-bond acceptors (Lipinski definition) is 4. The summed E-state index contributed by atoms with van der Waals surface area (Å²) in [5, 5.41) is 14.6. The lowest BCUT2D eigenvalue weighted by atomic mass is 10.0. The number of nitrogens with one attached hydrogen (secondary N) is 2. The lowest BCUT2D eigenvalue weighted by molar-refractivity contribution is 0.0786. The maximum Gasteiger partial charge on any atom is 0.253 e. The van der Waals surface area contributed by atoms with Gasteiger partial charge < -0.3 is 15.5 Å². The lowest BCUT2D eigenvalue weighted by Crippen LogP contribution is -2.31. The van der Waals surface area contributed by atoms with Crippen LogP contribution in [0.2, 0.25) is 0 Å². The third-order valence-corrected chi connectivity index (χ3v) is 5.36. The first-order valence-electron chi connectivity index (χ1n) is 10.6. The van der Waals surface area contributed by atoms with Crippen molar-refractivity contribution in [2.75, 3.05) is 25.0 Å². The maximum absolute atomic E-state index is 13.7. The molecule has 0 radical (unpaired) electrons. The molecular formula is C23H27FN6O. The fourth-order valence-electron chi connectivity index (χ4n) is 3.72. The second-order valence-electron chi connectivity index (χ2n) is 7.59. The number of aromatic nitrogens is 1. The molecule has 3 rings (SSSR count). The predicted octanol–water partition coefficient (Wildman–Crippen LogP) is 3.78. The summed E-state index contributed by atoms with van der Waals surface area (Å²) < 4.78 is 13.7. The van der Waals surface area contributed by atoms with Gasteiger partial charge in [0.25, 0.3) is 5.91 Å². The molecule has 1 atom stereocenters. The number of carbonyl (C=O) groups excluding carboxylic acids is 1. The van der Waals surface area contributed by atoms with Gasteiger partial charge in [0.2, 0.25) is 12.2 Å². The molecule has 7 nitrogen and oxygen atoms in total. The average molecular weight is 423 g/mol. The highest BCUT2D eigenvalue weighted by Crippen LogP contribution is 2.23. The number of amides is 1. The van der Waals surface area contributed by atoms with Crippen molar-refractivity contribution >= 4 is 17.6 Å². The first-order valence-corrected chi connectivity index (χ1v) is 10.6. The minimum absolute atomic E-state index is 0.120. The van der Waals surface area contributed by atoms with Gasteiger partial charge in [-0.2, -0.15) is 5.26 Å². The van der Waals surface area contributed by atoms with Gasteiger partial charge in [0.05, 0.1) is 11.9 Å². The summed E-state index contributed by atoms with van der Waals surface area (Å²) >= 11 is 0. The van der Waals surface area contributed by atoms with Gasteiger partial charge in [-0.15, -0.1) is 4.99 Å². The molecule has 8 heteroatoms. The van der Waals surface area contributed by atoms with E-state index in [0.29, 0.717) is 12.5 Å². The number of nitrogens with zero attached hydrogens (tertiary/aromatic N) is 4. The number of nitriles is 1. The Labute approximate surface area is 182 Å². The van der Waals surface area contributed by atoms with Crippen LogP contribution < -0.4 is 10.6 Å². The molecule has 31 heavy (non-hydrogen) atoms. The standard InChI is InChI=1S/C23H27FN6O/c24-20-15-26-13-10-21(20)29-23(28-17-25)27-12-6-2-3-7-18-11-14-30(16-18)22(31)19-8-4-1-5-9-19/h1,4-5,8-10,13,15,18H,2-3,6-7,11-12,14,16H2,(H2,26,27,28,29). The highest BCUT2D eigenvalue weighted by Gasteiger charge is 2.26. The van der Waals surface area contributed by atoms with Gasteiger partial charge in [-0.05, 0) is 43.4 Å². The van der Waals surface area contributed by atoms with Crippen LogP contribution in [0.3, 0.4) is 0 Å². The van der Waals surface area contributed by atoms with E-state index >= 15 is 0 Å². The Bertz CT molecular complexity index is 927. The van der Waals surface area contributed by atoms with Crippen molar-refractivity contribution in [2.24, 2.45) is 10.9 Å². The summed E-state index contributed by atoms with van der Waals surface area (Å²) in [5.74, 6) is 0.382. The van der Waals surface area contributed by atoms with Crippen molar-refractivity contribution in [2.45, 2.75) is 32.1 Å². The van der Waals surface area contributed by atoms with E-state index < -0.39 is 5.82 Å². The summed E-state index contributed by atoms with van der Waals surface area (Å²) in [6.07, 6.45) is 9.44. The first kappa shape index (κ1) is 22.2. The number of aliphatic imine (C=N–C) groups is 1. The van der Waals surface area contributed by atoms with Crippen LogP contribution in [0, 0.1) is 23.2 Å². The summed E-state index contributed by atoms with van der Waals surface area (Å²) in [7, 11) is 0. The van der Waals surface area contributed by atoms with Gasteiger partial charge in [-0.25, -0.2) is 4.39 Å². The van der Waals surface area contributed by atoms with Gasteiger partial charge in [0.1, 0.15) is 0 Å². The van der Waals surface area contributed by atoms with E-state index in [-0.39, 0.29) is 17.6 Å². The fourth-order valence-corrected chi connectivity index (χ4v) is 3.72. The number of unbranched alkanes of at least 4 members (excludes halogenated alkanes) is 2. The molecule has 2 heterocycles. The smallest absolute Gasteiger partial charge is 0.253 e. The minimum Gasteiger partial charge on any atom is -0.355 e. The van der Waals surface area contributed by atoms with E-state index in [4.69, 9.17) is 5.26 Å². The van der Waals surface area contributed by atoms with Crippen molar-refractivity contribution in [1.29, 1.82) is 5.26 Å². The Morgan fingerprint density at radius 1 is 1.26 bits per heavy atom. The molecule has 1 aromatic carbocycles. The van der Waals surface area contributed by atoms with Gasteiger partial charge >= 0.3 is 0 Å². The Kier molecular flexibility index (Phi) is 8.35. The van der Waals surface area contributed by atoms with Gasteiger partial charge in [-0.3, -0.25) is 9.78 Å². The Balaban J connectivity index is 1.32. The molecule has 0 aliphatic carbocycles. The topological polar surface area (TPSA) is 93.4 Å². The van der Waals surface area contributed by atoms with Crippen LogP contribution in [0.15, 0.2) is 53.8 Å². The number of anilines is 1. The number of likely N-dealkylation sites (tertiary alicyclic amines) is 1. The van der Waals surface area contributed by atoms with Crippen LogP contribution in [0.25, 0.3) is 0 Å². The first-order chi connectivity index (χ1) is 15.2. The number of guanidine groups is 1. The Hall–Kier alpha value is -3.47. The molecule has 2 N–H and O–H groups in total. The molecule has 1 aromatic heterocycles. The number of pyridine rings is 1. The molecule has 2 aromatic rings. The predicted molar refractivity (Wildman–Crippen MR) is 118 cm³/mol. The summed E-state index contributed by atoms with van der Waals surface area (Å²) in [5.41, 5.74) is 0.969. The van der Waals surface area contributed by atoms with E-state index in [0.717, 1.165) is 57.0 Å². The molecular weight excluding hydrogens is 395 g/mol.